The van der Waals surface area contributed by atoms with Crippen molar-refractivity contribution >= 4 is 23.1 Å². The van der Waals surface area contributed by atoms with Gasteiger partial charge in [-0.05, 0) is 36.2 Å². The third-order valence-electron chi connectivity index (χ3n) is 4.12. The van der Waals surface area contributed by atoms with Crippen molar-refractivity contribution < 1.29 is 19.2 Å². The van der Waals surface area contributed by atoms with E-state index in [1.54, 1.807) is 0 Å². The highest BCUT2D eigenvalue weighted by molar-refractivity contribution is 6.31. The lowest BCUT2D eigenvalue weighted by molar-refractivity contribution is 0.0781. The van der Waals surface area contributed by atoms with E-state index in [1.807, 2.05) is 0 Å². The third-order valence-corrected chi connectivity index (χ3v) is 4.41. The first-order valence-corrected chi connectivity index (χ1v) is 8.54. The van der Waals surface area contributed by atoms with E-state index >= 15 is 0 Å². The van der Waals surface area contributed by atoms with Gasteiger partial charge < -0.3 is 15.5 Å². The maximum Gasteiger partial charge on any atom is 0.174 e. The topological polar surface area (TPSA) is 107 Å². The number of aromatic nitrogens is 2. The minimum atomic E-state index is -0.533. The molecule has 8 nitrogen and oxygen atoms in total. The molecule has 10 heteroatoms. The van der Waals surface area contributed by atoms with Gasteiger partial charge in [0.15, 0.2) is 11.5 Å². The Kier molecular flexibility index (Phi) is 6.15. The fourth-order valence-electron chi connectivity index (χ4n) is 2.73. The molecule has 140 valence electrons. The van der Waals surface area contributed by atoms with Crippen molar-refractivity contribution in [3.8, 4) is 0 Å². The Balaban J connectivity index is 1.77. The normalized spacial score (nSPS) is 16.8. The van der Waals surface area contributed by atoms with E-state index in [0.717, 1.165) is 13.1 Å². The average molecular weight is 384 g/mol. The molecule has 2 aromatic rings. The number of aliphatic hydroxyl groups is 2. The Morgan fingerprint density at radius 2 is 2.15 bits per heavy atom. The number of amidine groups is 1. The molecule has 3 N–H and O–H groups in total. The molecule has 0 spiro atoms. The number of nitrogens with one attached hydrogen (secondary N) is 1. The van der Waals surface area contributed by atoms with Gasteiger partial charge in [0.05, 0.1) is 11.1 Å². The number of piperidine rings is 1. The van der Waals surface area contributed by atoms with Crippen molar-refractivity contribution in [2.45, 2.75) is 25.5 Å². The highest BCUT2D eigenvalue weighted by Crippen LogP contribution is 2.21. The summed E-state index contributed by atoms with van der Waals surface area (Å²) in [6, 6.07) is 4.12. The summed E-state index contributed by atoms with van der Waals surface area (Å²) < 4.78 is 18.2. The third kappa shape index (κ3) is 4.55. The first kappa shape index (κ1) is 18.7. The quantitative estimate of drug-likeness (QED) is 0.532. The van der Waals surface area contributed by atoms with Crippen molar-refractivity contribution in [1.82, 2.24) is 15.2 Å². The summed E-state index contributed by atoms with van der Waals surface area (Å²) in [6.07, 6.45) is 1.13. The summed E-state index contributed by atoms with van der Waals surface area (Å²) in [7, 11) is 0. The number of aliphatic hydroxyl groups excluding tert-OH is 2. The van der Waals surface area contributed by atoms with E-state index < -0.39 is 12.5 Å². The monoisotopic (exact) mass is 383 g/mol. The second-order valence-corrected chi connectivity index (χ2v) is 6.38. The molecule has 0 unspecified atom stereocenters. The van der Waals surface area contributed by atoms with Crippen molar-refractivity contribution in [1.29, 1.82) is 0 Å². The van der Waals surface area contributed by atoms with Crippen molar-refractivity contribution in [3.05, 3.63) is 40.4 Å². The maximum atomic E-state index is 13.3. The molecule has 0 radical (unpaired) electrons. The van der Waals surface area contributed by atoms with E-state index in [-0.39, 0.29) is 17.0 Å². The fraction of sp³-hybridized carbons (Fsp3) is 0.438. The molecule has 0 amide bonds. The SMILES string of the molecule is OCN=C(Nc1ccc(F)c(Cl)c1)c1nonc1CN1CCC(O)CC1. The minimum Gasteiger partial charge on any atom is -0.393 e. The predicted molar refractivity (Wildman–Crippen MR) is 93.5 cm³/mol. The molecular weight excluding hydrogens is 365 g/mol. The van der Waals surface area contributed by atoms with Crippen molar-refractivity contribution in [2.24, 2.45) is 4.99 Å². The summed E-state index contributed by atoms with van der Waals surface area (Å²) in [5.74, 6) is -0.294. The number of benzene rings is 1. The lowest BCUT2D eigenvalue weighted by atomic mass is 10.1. The number of hydrogen-bond donors (Lipinski definition) is 3. The summed E-state index contributed by atoms with van der Waals surface area (Å²) in [5, 5.41) is 29.5. The first-order valence-electron chi connectivity index (χ1n) is 8.16. The molecule has 1 aromatic carbocycles. The number of halogens is 2. The van der Waals surface area contributed by atoms with Gasteiger partial charge in [-0.2, -0.15) is 0 Å². The number of likely N-dealkylation sites (tertiary alicyclic amines) is 1. The van der Waals surface area contributed by atoms with Crippen molar-refractivity contribution in [3.63, 3.8) is 0 Å². The summed E-state index contributed by atoms with van der Waals surface area (Å²) in [6.45, 7) is 1.48. The van der Waals surface area contributed by atoms with Crippen LogP contribution in [-0.4, -0.2) is 57.2 Å². The molecule has 1 saturated heterocycles. The number of hydrogen-bond acceptors (Lipinski definition) is 7. The molecule has 0 bridgehead atoms. The van der Waals surface area contributed by atoms with E-state index in [0.29, 0.717) is 36.5 Å². The van der Waals surface area contributed by atoms with E-state index in [1.165, 1.54) is 18.2 Å². The molecule has 0 saturated carbocycles. The van der Waals surface area contributed by atoms with Gasteiger partial charge in [0, 0.05) is 25.3 Å². The number of aliphatic imine (C=N–C) groups is 1. The van der Waals surface area contributed by atoms with Gasteiger partial charge in [0.2, 0.25) is 0 Å². The second kappa shape index (κ2) is 8.54. The van der Waals surface area contributed by atoms with Gasteiger partial charge >= 0.3 is 0 Å². The molecule has 1 aliphatic rings. The summed E-state index contributed by atoms with van der Waals surface area (Å²) in [5.41, 5.74) is 1.39. The molecular formula is C16H19ClFN5O3. The van der Waals surface area contributed by atoms with Crippen LogP contribution in [-0.2, 0) is 6.54 Å². The molecule has 1 aromatic heterocycles. The van der Waals surface area contributed by atoms with Crippen LogP contribution in [0.4, 0.5) is 10.1 Å². The Bertz CT molecular complexity index is 777. The first-order chi connectivity index (χ1) is 12.6. The van der Waals surface area contributed by atoms with Crippen LogP contribution in [0, 0.1) is 5.82 Å². The van der Waals surface area contributed by atoms with Gasteiger partial charge in [0.1, 0.15) is 18.2 Å². The zero-order chi connectivity index (χ0) is 18.5. The van der Waals surface area contributed by atoms with Crippen LogP contribution in [0.2, 0.25) is 5.02 Å². The highest BCUT2D eigenvalue weighted by Gasteiger charge is 2.22. The van der Waals surface area contributed by atoms with Crippen LogP contribution in [0.25, 0.3) is 0 Å². The van der Waals surface area contributed by atoms with Gasteiger partial charge in [-0.15, -0.1) is 0 Å². The minimum absolute atomic E-state index is 0.0382. The molecule has 1 fully saturated rings. The largest absolute Gasteiger partial charge is 0.393 e. The van der Waals surface area contributed by atoms with Crippen LogP contribution < -0.4 is 5.32 Å². The van der Waals surface area contributed by atoms with Crippen LogP contribution in [0.15, 0.2) is 27.8 Å². The predicted octanol–water partition coefficient (Wildman–Crippen LogP) is 1.63. The Morgan fingerprint density at radius 3 is 2.85 bits per heavy atom. The number of nitrogens with zero attached hydrogens (tertiary/aromatic N) is 4. The van der Waals surface area contributed by atoms with Crippen LogP contribution in [0.5, 0.6) is 0 Å². The Labute approximate surface area is 154 Å². The molecule has 1 aliphatic heterocycles. The Hall–Kier alpha value is -2.07. The highest BCUT2D eigenvalue weighted by atomic mass is 35.5. The van der Waals surface area contributed by atoms with E-state index in [2.05, 4.69) is 25.5 Å². The summed E-state index contributed by atoms with van der Waals surface area (Å²) in [4.78, 5) is 6.11. The van der Waals surface area contributed by atoms with Crippen LogP contribution >= 0.6 is 11.6 Å². The zero-order valence-electron chi connectivity index (χ0n) is 13.9. The molecule has 0 aliphatic carbocycles. The average Bonchev–Trinajstić information content (AvgIpc) is 3.08. The molecule has 3 rings (SSSR count). The van der Waals surface area contributed by atoms with Gasteiger partial charge in [-0.25, -0.2) is 14.0 Å². The lowest BCUT2D eigenvalue weighted by Gasteiger charge is -2.28. The Morgan fingerprint density at radius 1 is 1.38 bits per heavy atom. The maximum absolute atomic E-state index is 13.3. The molecule has 26 heavy (non-hydrogen) atoms. The molecule has 0 atom stereocenters. The van der Waals surface area contributed by atoms with Crippen LogP contribution in [0.3, 0.4) is 0 Å². The van der Waals surface area contributed by atoms with Gasteiger partial charge in [-0.1, -0.05) is 16.8 Å². The van der Waals surface area contributed by atoms with Gasteiger partial charge in [0.25, 0.3) is 0 Å². The fourth-order valence-corrected chi connectivity index (χ4v) is 2.91. The summed E-state index contributed by atoms with van der Waals surface area (Å²) >= 11 is 5.79. The standard InChI is InChI=1S/C16H19ClFN5O3/c17-12-7-10(1-2-13(12)18)20-16(19-9-24)15-14(21-26-22-15)8-23-5-3-11(25)4-6-23/h1-2,7,11,24-25H,3-6,8-9H2,(H,19,20). The molecule has 2 heterocycles. The smallest absolute Gasteiger partial charge is 0.174 e. The van der Waals surface area contributed by atoms with Crippen molar-refractivity contribution in [2.75, 3.05) is 25.1 Å². The lowest BCUT2D eigenvalue weighted by Crippen LogP contribution is -2.35. The van der Waals surface area contributed by atoms with Gasteiger partial charge in [-0.3, -0.25) is 4.90 Å². The van der Waals surface area contributed by atoms with E-state index in [4.69, 9.17) is 16.2 Å². The zero-order valence-corrected chi connectivity index (χ0v) is 14.7. The van der Waals surface area contributed by atoms with Crippen LogP contribution in [0.1, 0.15) is 24.2 Å². The van der Waals surface area contributed by atoms with E-state index in [9.17, 15) is 14.6 Å². The second-order valence-electron chi connectivity index (χ2n) is 5.97. The number of anilines is 1. The number of rotatable bonds is 5.